The molecule has 3 aromatic rings. The van der Waals surface area contributed by atoms with Gasteiger partial charge in [-0.25, -0.2) is 0 Å². The van der Waals surface area contributed by atoms with E-state index in [1.165, 1.54) is 5.56 Å². The second-order valence-corrected chi connectivity index (χ2v) is 7.44. The Labute approximate surface area is 164 Å². The highest BCUT2D eigenvalue weighted by Crippen LogP contribution is 2.50. The monoisotopic (exact) mass is 367 g/mol. The third kappa shape index (κ3) is 2.44. The normalized spacial score (nSPS) is 20.9. The summed E-state index contributed by atoms with van der Waals surface area (Å²) in [5.41, 5.74) is 4.06. The molecule has 3 nitrogen and oxygen atoms in total. The van der Waals surface area contributed by atoms with Gasteiger partial charge in [-0.3, -0.25) is 4.79 Å². The van der Waals surface area contributed by atoms with Gasteiger partial charge in [0.25, 0.3) is 5.91 Å². The van der Waals surface area contributed by atoms with E-state index in [0.717, 1.165) is 28.8 Å². The molecule has 1 aliphatic carbocycles. The molecule has 1 aliphatic heterocycles. The number of amides is 1. The summed E-state index contributed by atoms with van der Waals surface area (Å²) in [6.45, 7) is 0.446. The smallest absolute Gasteiger partial charge is 0.268 e. The highest BCUT2D eigenvalue weighted by Gasteiger charge is 2.53. The molecule has 3 heteroatoms. The van der Waals surface area contributed by atoms with E-state index in [1.54, 1.807) is 4.90 Å². The summed E-state index contributed by atoms with van der Waals surface area (Å²) in [4.78, 5) is 15.4. The van der Waals surface area contributed by atoms with Crippen molar-refractivity contribution in [3.8, 4) is 0 Å². The first-order valence-electron chi connectivity index (χ1n) is 9.65. The number of fused-ring (bicyclic) bond motifs is 2. The molecule has 0 radical (unpaired) electrons. The van der Waals surface area contributed by atoms with Crippen LogP contribution in [-0.2, 0) is 23.4 Å². The summed E-state index contributed by atoms with van der Waals surface area (Å²) >= 11 is 0. The van der Waals surface area contributed by atoms with Gasteiger partial charge in [0.2, 0.25) is 0 Å². The number of aryl methyl sites for hydroxylation is 1. The van der Waals surface area contributed by atoms with Crippen molar-refractivity contribution in [3.63, 3.8) is 0 Å². The Bertz CT molecular complexity index is 1070. The largest absolute Gasteiger partial charge is 0.372 e. The number of rotatable bonds is 3. The van der Waals surface area contributed by atoms with Crippen molar-refractivity contribution in [1.29, 1.82) is 0 Å². The van der Waals surface area contributed by atoms with E-state index in [0.29, 0.717) is 18.5 Å². The number of hydrogen-bond acceptors (Lipinski definition) is 2. The molecule has 0 aromatic heterocycles. The Hall–Kier alpha value is -3.17. The number of hydrogen-bond donors (Lipinski definition) is 1. The minimum absolute atomic E-state index is 0.260. The van der Waals surface area contributed by atoms with Gasteiger partial charge in [0.05, 0.1) is 12.2 Å². The average molecular weight is 367 g/mol. The summed E-state index contributed by atoms with van der Waals surface area (Å²) in [7, 11) is 0. The van der Waals surface area contributed by atoms with Crippen molar-refractivity contribution in [3.05, 3.63) is 113 Å². The maximum Gasteiger partial charge on any atom is 0.268 e. The van der Waals surface area contributed by atoms with Crippen LogP contribution < -0.4 is 0 Å². The highest BCUT2D eigenvalue weighted by atomic mass is 16.3. The molecular weight excluding hydrogens is 346 g/mol. The molecule has 2 aliphatic rings. The quantitative estimate of drug-likeness (QED) is 0.751. The van der Waals surface area contributed by atoms with E-state index < -0.39 is 5.60 Å². The van der Waals surface area contributed by atoms with Gasteiger partial charge in [0.15, 0.2) is 5.60 Å². The van der Waals surface area contributed by atoms with Gasteiger partial charge in [-0.15, -0.1) is 0 Å². The minimum Gasteiger partial charge on any atom is -0.372 e. The van der Waals surface area contributed by atoms with E-state index in [1.807, 2.05) is 72.8 Å². The van der Waals surface area contributed by atoms with Crippen LogP contribution in [0.15, 0.2) is 90.5 Å². The van der Waals surface area contributed by atoms with Gasteiger partial charge in [-0.1, -0.05) is 84.9 Å². The van der Waals surface area contributed by atoms with Crippen LogP contribution in [0.2, 0.25) is 0 Å². The molecule has 0 saturated carbocycles. The lowest BCUT2D eigenvalue weighted by Crippen LogP contribution is -2.40. The lowest BCUT2D eigenvalue weighted by Gasteiger charge is -2.26. The average Bonchev–Trinajstić information content (AvgIpc) is 2.98. The SMILES string of the molecule is O=C1N(Cc2ccccc2)C2=C(CCc3ccccc32)[C@]1(O)c1ccccc1. The van der Waals surface area contributed by atoms with Crippen LogP contribution in [0.25, 0.3) is 5.70 Å². The van der Waals surface area contributed by atoms with Crippen LogP contribution in [0, 0.1) is 0 Å². The second kappa shape index (κ2) is 6.47. The molecule has 0 spiro atoms. The lowest BCUT2D eigenvalue weighted by molar-refractivity contribution is -0.142. The van der Waals surface area contributed by atoms with Gasteiger partial charge in [-0.2, -0.15) is 0 Å². The van der Waals surface area contributed by atoms with Crippen molar-refractivity contribution in [2.75, 3.05) is 0 Å². The van der Waals surface area contributed by atoms with Crippen LogP contribution in [0.1, 0.15) is 28.7 Å². The molecule has 0 fully saturated rings. The zero-order valence-electron chi connectivity index (χ0n) is 15.5. The predicted octanol–water partition coefficient (Wildman–Crippen LogP) is 4.27. The van der Waals surface area contributed by atoms with E-state index in [2.05, 4.69) is 12.1 Å². The van der Waals surface area contributed by atoms with Crippen LogP contribution in [-0.4, -0.2) is 15.9 Å². The fraction of sp³-hybridized carbons (Fsp3) is 0.160. The Kier molecular flexibility index (Phi) is 3.92. The van der Waals surface area contributed by atoms with E-state index in [4.69, 9.17) is 0 Å². The van der Waals surface area contributed by atoms with Crippen LogP contribution in [0.4, 0.5) is 0 Å². The molecule has 1 amide bonds. The first-order valence-corrected chi connectivity index (χ1v) is 9.65. The molecule has 1 N–H and O–H groups in total. The lowest BCUT2D eigenvalue weighted by atomic mass is 9.80. The van der Waals surface area contributed by atoms with Crippen LogP contribution >= 0.6 is 0 Å². The van der Waals surface area contributed by atoms with E-state index in [9.17, 15) is 9.90 Å². The van der Waals surface area contributed by atoms with Gasteiger partial charge < -0.3 is 10.0 Å². The highest BCUT2D eigenvalue weighted by molar-refractivity contribution is 6.04. The first-order chi connectivity index (χ1) is 13.7. The fourth-order valence-electron chi connectivity index (χ4n) is 4.49. The van der Waals surface area contributed by atoms with Crippen molar-refractivity contribution < 1.29 is 9.90 Å². The molecule has 3 aromatic carbocycles. The summed E-state index contributed by atoms with van der Waals surface area (Å²) in [5, 5.41) is 11.8. The molecular formula is C25H21NO2. The summed E-state index contributed by atoms with van der Waals surface area (Å²) in [5.74, 6) is -0.260. The number of nitrogens with zero attached hydrogens (tertiary/aromatic N) is 1. The standard InChI is InChI=1S/C25H21NO2/c27-24-25(28,20-12-5-2-6-13-20)22-16-15-19-11-7-8-14-21(19)23(22)26(24)17-18-9-3-1-4-10-18/h1-14,28H,15-17H2/t25-/m1/s1. The van der Waals surface area contributed by atoms with E-state index >= 15 is 0 Å². The van der Waals surface area contributed by atoms with Crippen molar-refractivity contribution in [2.45, 2.75) is 25.0 Å². The number of carbonyl (C=O) groups is 1. The molecule has 1 heterocycles. The third-order valence-corrected chi connectivity index (χ3v) is 5.84. The van der Waals surface area contributed by atoms with Crippen molar-refractivity contribution >= 4 is 11.6 Å². The predicted molar refractivity (Wildman–Crippen MR) is 109 cm³/mol. The number of benzene rings is 3. The molecule has 5 rings (SSSR count). The third-order valence-electron chi connectivity index (χ3n) is 5.84. The summed E-state index contributed by atoms with van der Waals surface area (Å²) < 4.78 is 0. The van der Waals surface area contributed by atoms with Crippen molar-refractivity contribution in [1.82, 2.24) is 4.90 Å². The maximum atomic E-state index is 13.6. The van der Waals surface area contributed by atoms with Crippen LogP contribution in [0.3, 0.4) is 0 Å². The second-order valence-electron chi connectivity index (χ2n) is 7.44. The molecule has 0 unspecified atom stereocenters. The molecule has 138 valence electrons. The fourth-order valence-corrected chi connectivity index (χ4v) is 4.49. The molecule has 28 heavy (non-hydrogen) atoms. The Morgan fingerprint density at radius 1 is 0.821 bits per heavy atom. The zero-order valence-corrected chi connectivity index (χ0v) is 15.5. The van der Waals surface area contributed by atoms with Crippen molar-refractivity contribution in [2.24, 2.45) is 0 Å². The molecule has 0 bridgehead atoms. The van der Waals surface area contributed by atoms with Gasteiger partial charge in [0.1, 0.15) is 0 Å². The van der Waals surface area contributed by atoms with Gasteiger partial charge in [0, 0.05) is 11.1 Å². The maximum absolute atomic E-state index is 13.6. The zero-order chi connectivity index (χ0) is 19.1. The number of carbonyl (C=O) groups excluding carboxylic acids is 1. The molecule has 0 saturated heterocycles. The Morgan fingerprint density at radius 3 is 2.21 bits per heavy atom. The van der Waals surface area contributed by atoms with Crippen LogP contribution in [0.5, 0.6) is 0 Å². The summed E-state index contributed by atoms with van der Waals surface area (Å²) in [6, 6.07) is 27.5. The summed E-state index contributed by atoms with van der Waals surface area (Å²) in [6.07, 6.45) is 1.51. The Balaban J connectivity index is 1.70. The van der Waals surface area contributed by atoms with E-state index in [-0.39, 0.29) is 5.91 Å². The Morgan fingerprint density at radius 2 is 1.46 bits per heavy atom. The van der Waals surface area contributed by atoms with Gasteiger partial charge >= 0.3 is 0 Å². The minimum atomic E-state index is -1.60. The van der Waals surface area contributed by atoms with Gasteiger partial charge in [-0.05, 0) is 29.5 Å². The first kappa shape index (κ1) is 17.0. The molecule has 1 atom stereocenters. The number of aliphatic hydroxyl groups is 1. The topological polar surface area (TPSA) is 40.5 Å².